The van der Waals surface area contributed by atoms with Gasteiger partial charge >= 0.3 is 0 Å². The molecule has 0 saturated heterocycles. The number of unbranched alkanes of at least 4 members (excludes halogenated alkanes) is 1. The zero-order valence-corrected chi connectivity index (χ0v) is 21.2. The second-order valence-electron chi connectivity index (χ2n) is 8.64. The fourth-order valence-corrected chi connectivity index (χ4v) is 4.32. The Kier molecular flexibility index (Phi) is 7.72. The number of hydrogen-bond donors (Lipinski definition) is 1. The Labute approximate surface area is 205 Å². The van der Waals surface area contributed by atoms with Crippen LogP contribution in [0.15, 0.2) is 36.5 Å². The summed E-state index contributed by atoms with van der Waals surface area (Å²) in [4.78, 5) is 4.86. The predicted octanol–water partition coefficient (Wildman–Crippen LogP) is 4.19. The lowest BCUT2D eigenvalue weighted by Gasteiger charge is -2.27. The van der Waals surface area contributed by atoms with E-state index in [0.29, 0.717) is 24.6 Å². The summed E-state index contributed by atoms with van der Waals surface area (Å²) < 4.78 is 15.6. The number of aromatic amines is 1. The number of ether oxygens (including phenoxy) is 2. The van der Waals surface area contributed by atoms with Gasteiger partial charge in [-0.3, -0.25) is 0 Å². The van der Waals surface area contributed by atoms with Gasteiger partial charge in [0.15, 0.2) is 0 Å². The molecule has 0 atom stereocenters. The third-order valence-corrected chi connectivity index (χ3v) is 6.27. The third kappa shape index (κ3) is 5.03. The second-order valence-corrected chi connectivity index (χ2v) is 8.64. The second kappa shape index (κ2) is 10.9. The van der Waals surface area contributed by atoms with Crippen molar-refractivity contribution in [3.8, 4) is 17.2 Å². The third-order valence-electron chi connectivity index (χ3n) is 6.27. The fourth-order valence-electron chi connectivity index (χ4n) is 4.32. The zero-order valence-electron chi connectivity index (χ0n) is 21.2. The summed E-state index contributed by atoms with van der Waals surface area (Å²) in [6, 6.07) is 10.5. The molecule has 0 amide bonds. The largest absolute Gasteiger partial charge is 0.347 e. The van der Waals surface area contributed by atoms with Gasteiger partial charge < -0.3 is 14.0 Å². The maximum atomic E-state index is 5.76. The molecule has 10 heteroatoms. The molecule has 1 aromatic carbocycles. The first kappa shape index (κ1) is 24.7. The van der Waals surface area contributed by atoms with E-state index in [-0.39, 0.29) is 0 Å². The molecule has 0 fully saturated rings. The van der Waals surface area contributed by atoms with Crippen LogP contribution in [0.4, 0.5) is 0 Å². The highest BCUT2D eigenvalue weighted by atomic mass is 16.7. The molecule has 0 saturated carbocycles. The molecule has 0 aliphatic heterocycles. The van der Waals surface area contributed by atoms with E-state index in [0.717, 1.165) is 54.0 Å². The number of tetrazole rings is 1. The number of aromatic nitrogens is 8. The van der Waals surface area contributed by atoms with Gasteiger partial charge in [-0.1, -0.05) is 38.8 Å². The molecule has 4 rings (SSSR count). The number of hydrogen-bond acceptors (Lipinski definition) is 7. The van der Waals surface area contributed by atoms with Crippen molar-refractivity contribution < 1.29 is 9.47 Å². The number of H-pyrrole nitrogens is 1. The van der Waals surface area contributed by atoms with E-state index in [1.807, 2.05) is 23.9 Å². The topological polar surface area (TPSA) is 109 Å². The Morgan fingerprint density at radius 1 is 1.03 bits per heavy atom. The lowest BCUT2D eigenvalue weighted by atomic mass is 10.1. The van der Waals surface area contributed by atoms with Crippen LogP contribution in [0.3, 0.4) is 0 Å². The molecular weight excluding hydrogens is 444 g/mol. The fraction of sp³-hybridized carbons (Fsp3) is 0.480. The summed E-state index contributed by atoms with van der Waals surface area (Å²) in [7, 11) is 3.30. The van der Waals surface area contributed by atoms with E-state index in [9.17, 15) is 0 Å². The smallest absolute Gasteiger partial charge is 0.231 e. The molecule has 0 bridgehead atoms. The standard InChI is InChI=1S/C25H34N8O2/c1-6-8-9-21-26-24(25(34-4,35-5)15-7-2)29-33(21)17-19-10-12-20(13-11-19)32-16-14-18(3)22(32)23-27-30-31-28-23/h10-14,16H,6-9,15,17H2,1-5H3,(H,27,28,30,31). The molecule has 3 heterocycles. The molecule has 186 valence electrons. The quantitative estimate of drug-likeness (QED) is 0.304. The van der Waals surface area contributed by atoms with Crippen LogP contribution in [0, 0.1) is 6.92 Å². The van der Waals surface area contributed by atoms with Crippen molar-refractivity contribution in [2.75, 3.05) is 14.2 Å². The summed E-state index contributed by atoms with van der Waals surface area (Å²) in [5, 5.41) is 19.4. The summed E-state index contributed by atoms with van der Waals surface area (Å²) in [5.74, 6) is 1.17. The van der Waals surface area contributed by atoms with E-state index in [2.05, 4.69) is 63.3 Å². The molecule has 1 N–H and O–H groups in total. The lowest BCUT2D eigenvalue weighted by Crippen LogP contribution is -2.32. The van der Waals surface area contributed by atoms with Crippen LogP contribution in [0.2, 0.25) is 0 Å². The Morgan fingerprint density at radius 3 is 2.43 bits per heavy atom. The van der Waals surface area contributed by atoms with Crippen molar-refractivity contribution in [2.24, 2.45) is 0 Å². The van der Waals surface area contributed by atoms with Crippen molar-refractivity contribution in [3.05, 3.63) is 59.3 Å². The van der Waals surface area contributed by atoms with E-state index < -0.39 is 5.79 Å². The first-order valence-corrected chi connectivity index (χ1v) is 12.1. The summed E-state index contributed by atoms with van der Waals surface area (Å²) in [6.07, 6.45) is 6.59. The van der Waals surface area contributed by atoms with E-state index in [1.54, 1.807) is 14.2 Å². The first-order chi connectivity index (χ1) is 17.0. The van der Waals surface area contributed by atoms with Crippen molar-refractivity contribution in [1.29, 1.82) is 0 Å². The van der Waals surface area contributed by atoms with Crippen LogP contribution < -0.4 is 0 Å². The molecular formula is C25H34N8O2. The van der Waals surface area contributed by atoms with Crippen LogP contribution in [0.25, 0.3) is 17.2 Å². The van der Waals surface area contributed by atoms with Crippen molar-refractivity contribution in [1.82, 2.24) is 40.0 Å². The Bertz CT molecular complexity index is 1210. The zero-order chi connectivity index (χ0) is 24.8. The van der Waals surface area contributed by atoms with Gasteiger partial charge in [0.1, 0.15) is 5.82 Å². The maximum Gasteiger partial charge on any atom is 0.231 e. The number of methoxy groups -OCH3 is 2. The molecule has 35 heavy (non-hydrogen) atoms. The average molecular weight is 479 g/mol. The predicted molar refractivity (Wildman–Crippen MR) is 132 cm³/mol. The highest BCUT2D eigenvalue weighted by Gasteiger charge is 2.36. The molecule has 4 aromatic rings. The number of nitrogens with zero attached hydrogens (tertiary/aromatic N) is 7. The number of aryl methyl sites for hydroxylation is 2. The monoisotopic (exact) mass is 478 g/mol. The number of benzene rings is 1. The van der Waals surface area contributed by atoms with Gasteiger partial charge in [0, 0.05) is 38.9 Å². The van der Waals surface area contributed by atoms with Gasteiger partial charge in [-0.05, 0) is 47.9 Å². The maximum absolute atomic E-state index is 5.76. The van der Waals surface area contributed by atoms with E-state index in [1.165, 1.54) is 0 Å². The molecule has 0 spiro atoms. The van der Waals surface area contributed by atoms with Gasteiger partial charge in [0.2, 0.25) is 17.4 Å². The van der Waals surface area contributed by atoms with Gasteiger partial charge in [0.05, 0.1) is 12.2 Å². The summed E-state index contributed by atoms with van der Waals surface area (Å²) in [5.41, 5.74) is 4.15. The van der Waals surface area contributed by atoms with E-state index in [4.69, 9.17) is 19.6 Å². The van der Waals surface area contributed by atoms with Crippen LogP contribution in [-0.2, 0) is 28.2 Å². The minimum atomic E-state index is -0.928. The van der Waals surface area contributed by atoms with Crippen LogP contribution >= 0.6 is 0 Å². The van der Waals surface area contributed by atoms with Crippen molar-refractivity contribution >= 4 is 0 Å². The normalized spacial score (nSPS) is 11.9. The van der Waals surface area contributed by atoms with Gasteiger partial charge in [-0.2, -0.15) is 5.21 Å². The molecule has 0 aliphatic carbocycles. The minimum absolute atomic E-state index is 0.569. The summed E-state index contributed by atoms with van der Waals surface area (Å²) >= 11 is 0. The van der Waals surface area contributed by atoms with Crippen LogP contribution in [0.1, 0.15) is 62.3 Å². The Hall–Kier alpha value is -3.37. The average Bonchev–Trinajstić information content (AvgIpc) is 3.62. The molecule has 0 aliphatic rings. The van der Waals surface area contributed by atoms with Gasteiger partial charge in [-0.15, -0.1) is 15.3 Å². The van der Waals surface area contributed by atoms with Gasteiger partial charge in [-0.25, -0.2) is 9.67 Å². The van der Waals surface area contributed by atoms with Gasteiger partial charge in [0.25, 0.3) is 0 Å². The summed E-state index contributed by atoms with van der Waals surface area (Å²) in [6.45, 7) is 6.93. The SMILES string of the molecule is CCCCc1nc(C(CCC)(OC)OC)nn1Cc1ccc(-n2ccc(C)c2-c2nn[nH]n2)cc1. The van der Waals surface area contributed by atoms with E-state index >= 15 is 0 Å². The Balaban J connectivity index is 1.62. The minimum Gasteiger partial charge on any atom is -0.347 e. The molecule has 0 radical (unpaired) electrons. The molecule has 3 aromatic heterocycles. The Morgan fingerprint density at radius 2 is 1.80 bits per heavy atom. The molecule has 0 unspecified atom stereocenters. The highest BCUT2D eigenvalue weighted by molar-refractivity contribution is 5.59. The van der Waals surface area contributed by atoms with Crippen LogP contribution in [-0.4, -0.2) is 54.2 Å². The van der Waals surface area contributed by atoms with Crippen LogP contribution in [0.5, 0.6) is 0 Å². The van der Waals surface area contributed by atoms with Crippen molar-refractivity contribution in [2.45, 2.75) is 65.2 Å². The lowest BCUT2D eigenvalue weighted by molar-refractivity contribution is -0.225. The number of nitrogens with one attached hydrogen (secondary N) is 1. The molecule has 10 nitrogen and oxygen atoms in total. The highest BCUT2D eigenvalue weighted by Crippen LogP contribution is 2.30. The number of rotatable bonds is 12. The van der Waals surface area contributed by atoms with Crippen molar-refractivity contribution in [3.63, 3.8) is 0 Å². The first-order valence-electron chi connectivity index (χ1n) is 12.1.